The van der Waals surface area contributed by atoms with E-state index in [1.807, 2.05) is 6.92 Å². The molecule has 2 aliphatic heterocycles. The van der Waals surface area contributed by atoms with Crippen LogP contribution in [0.4, 0.5) is 5.69 Å². The molecule has 1 atom stereocenters. The molecule has 2 aliphatic rings. The largest absolute Gasteiger partial charge is 0.485 e. The van der Waals surface area contributed by atoms with Gasteiger partial charge in [0.25, 0.3) is 0 Å². The van der Waals surface area contributed by atoms with Crippen molar-refractivity contribution in [1.29, 1.82) is 0 Å². The molecule has 0 bridgehead atoms. The fourth-order valence-corrected chi connectivity index (χ4v) is 3.87. The minimum absolute atomic E-state index is 0.0466. The van der Waals surface area contributed by atoms with Crippen molar-refractivity contribution >= 4 is 34.2 Å². The van der Waals surface area contributed by atoms with E-state index in [2.05, 4.69) is 34.4 Å². The van der Waals surface area contributed by atoms with E-state index in [0.717, 1.165) is 36.0 Å². The van der Waals surface area contributed by atoms with Gasteiger partial charge in [0.1, 0.15) is 24.4 Å². The minimum Gasteiger partial charge on any atom is -0.485 e. The van der Waals surface area contributed by atoms with Gasteiger partial charge in [-0.05, 0) is 61.4 Å². The van der Waals surface area contributed by atoms with E-state index in [1.54, 1.807) is 6.07 Å². The van der Waals surface area contributed by atoms with Gasteiger partial charge in [-0.15, -0.1) is 0 Å². The summed E-state index contributed by atoms with van der Waals surface area (Å²) in [6, 6.07) is 1.73. The summed E-state index contributed by atoms with van der Waals surface area (Å²) in [6.07, 6.45) is 4.03. The minimum atomic E-state index is -0.357. The smallest absolute Gasteiger partial charge is 0.342 e. The second-order valence-electron chi connectivity index (χ2n) is 7.02. The number of piperidine rings is 1. The fourth-order valence-electron chi connectivity index (χ4n) is 3.32. The molecule has 2 N–H and O–H groups in total. The van der Waals surface area contributed by atoms with Crippen LogP contribution in [0.15, 0.2) is 6.07 Å². The highest BCUT2D eigenvalue weighted by molar-refractivity contribution is 14.1. The molecule has 26 heavy (non-hydrogen) atoms. The number of hydrogen-bond acceptors (Lipinski definition) is 6. The van der Waals surface area contributed by atoms with E-state index in [1.165, 1.54) is 12.8 Å². The zero-order valence-electron chi connectivity index (χ0n) is 15.4. The van der Waals surface area contributed by atoms with Crippen molar-refractivity contribution in [2.24, 2.45) is 0 Å². The molecular weight excluding hydrogens is 447 g/mol. The summed E-state index contributed by atoms with van der Waals surface area (Å²) in [4.78, 5) is 15.2. The van der Waals surface area contributed by atoms with Crippen molar-refractivity contribution in [1.82, 2.24) is 4.90 Å². The maximum atomic E-state index is 12.8. The number of esters is 1. The number of carbonyl (C=O) groups excluding carboxylic acids is 1. The number of likely N-dealkylation sites (tertiary alicyclic amines) is 1. The number of halogens is 1. The first-order chi connectivity index (χ1) is 12.5. The molecule has 1 fully saturated rings. The van der Waals surface area contributed by atoms with Crippen LogP contribution in [-0.2, 0) is 4.74 Å². The summed E-state index contributed by atoms with van der Waals surface area (Å²) >= 11 is 2.11. The maximum absolute atomic E-state index is 12.8. The van der Waals surface area contributed by atoms with Crippen molar-refractivity contribution in [2.75, 3.05) is 32.0 Å². The van der Waals surface area contributed by atoms with Crippen LogP contribution in [0.1, 0.15) is 49.9 Å². The van der Waals surface area contributed by atoms with Gasteiger partial charge in [0.05, 0.1) is 5.69 Å². The Hall–Kier alpha value is -1.22. The SMILES string of the molecule is CCCCN1CCC(OC(=O)c2cc(I)c(N)c3c2OCC(C)O3)CC1. The number of fused-ring (bicyclic) bond motifs is 1. The van der Waals surface area contributed by atoms with Crippen LogP contribution >= 0.6 is 22.6 Å². The van der Waals surface area contributed by atoms with Crippen LogP contribution in [0.5, 0.6) is 11.5 Å². The van der Waals surface area contributed by atoms with Crippen LogP contribution in [0, 0.1) is 3.57 Å². The Labute approximate surface area is 168 Å². The average molecular weight is 474 g/mol. The molecular formula is C19H27IN2O4. The zero-order chi connectivity index (χ0) is 18.7. The van der Waals surface area contributed by atoms with Gasteiger partial charge in [-0.1, -0.05) is 13.3 Å². The molecule has 0 aliphatic carbocycles. The number of nitrogens with two attached hydrogens (primary N) is 1. The Bertz CT molecular complexity index is 659. The number of rotatable bonds is 5. The Kier molecular flexibility index (Phi) is 6.50. The summed E-state index contributed by atoms with van der Waals surface area (Å²) in [6.45, 7) is 7.59. The number of unbranched alkanes of at least 4 members (excludes halogenated alkanes) is 1. The quantitative estimate of drug-likeness (QED) is 0.401. The average Bonchev–Trinajstić information content (AvgIpc) is 2.64. The van der Waals surface area contributed by atoms with Gasteiger partial charge in [0.15, 0.2) is 11.5 Å². The molecule has 0 saturated carbocycles. The molecule has 0 spiro atoms. The van der Waals surface area contributed by atoms with Gasteiger partial charge in [-0.2, -0.15) is 0 Å². The second-order valence-corrected chi connectivity index (χ2v) is 8.18. The van der Waals surface area contributed by atoms with Gasteiger partial charge in [0, 0.05) is 16.7 Å². The van der Waals surface area contributed by atoms with Crippen LogP contribution in [0.25, 0.3) is 0 Å². The Morgan fingerprint density at radius 2 is 2.12 bits per heavy atom. The van der Waals surface area contributed by atoms with Crippen LogP contribution in [-0.4, -0.2) is 49.3 Å². The first-order valence-electron chi connectivity index (χ1n) is 9.34. The molecule has 0 radical (unpaired) electrons. The molecule has 144 valence electrons. The number of nitrogen functional groups attached to an aromatic ring is 1. The number of nitrogens with zero attached hydrogens (tertiary/aromatic N) is 1. The highest BCUT2D eigenvalue weighted by atomic mass is 127. The van der Waals surface area contributed by atoms with Crippen LogP contribution in [0.2, 0.25) is 0 Å². The highest BCUT2D eigenvalue weighted by Crippen LogP contribution is 2.43. The molecule has 1 aromatic rings. The van der Waals surface area contributed by atoms with E-state index < -0.39 is 0 Å². The number of anilines is 1. The van der Waals surface area contributed by atoms with Gasteiger partial charge in [-0.3, -0.25) is 0 Å². The lowest BCUT2D eigenvalue weighted by Crippen LogP contribution is -2.38. The molecule has 6 nitrogen and oxygen atoms in total. The molecule has 0 aromatic heterocycles. The Balaban J connectivity index is 1.67. The zero-order valence-corrected chi connectivity index (χ0v) is 17.6. The van der Waals surface area contributed by atoms with Crippen molar-refractivity contribution in [3.8, 4) is 11.5 Å². The molecule has 1 saturated heterocycles. The number of ether oxygens (including phenoxy) is 3. The summed E-state index contributed by atoms with van der Waals surface area (Å²) in [5, 5.41) is 0. The molecule has 0 amide bonds. The van der Waals surface area contributed by atoms with Crippen LogP contribution in [0.3, 0.4) is 0 Å². The van der Waals surface area contributed by atoms with E-state index in [9.17, 15) is 4.79 Å². The van der Waals surface area contributed by atoms with Crippen molar-refractivity contribution in [2.45, 2.75) is 51.7 Å². The summed E-state index contributed by atoms with van der Waals surface area (Å²) in [5.74, 6) is 0.507. The van der Waals surface area contributed by atoms with Gasteiger partial charge in [0.2, 0.25) is 0 Å². The van der Waals surface area contributed by atoms with Crippen LogP contribution < -0.4 is 15.2 Å². The van der Waals surface area contributed by atoms with Gasteiger partial charge >= 0.3 is 5.97 Å². The predicted octanol–water partition coefficient (Wildman–Crippen LogP) is 3.45. The van der Waals surface area contributed by atoms with Crippen molar-refractivity contribution in [3.63, 3.8) is 0 Å². The number of benzene rings is 1. The molecule has 1 unspecified atom stereocenters. The van der Waals surface area contributed by atoms with E-state index in [-0.39, 0.29) is 18.2 Å². The molecule has 7 heteroatoms. The third kappa shape index (κ3) is 4.36. The predicted molar refractivity (Wildman–Crippen MR) is 109 cm³/mol. The first kappa shape index (κ1) is 19.5. The van der Waals surface area contributed by atoms with E-state index in [4.69, 9.17) is 19.9 Å². The standard InChI is InChI=1S/C19H27IN2O4/c1-3-4-7-22-8-5-13(6-9-22)26-19(23)14-10-15(20)16(21)18-17(14)24-11-12(2)25-18/h10,12-13H,3-9,11,21H2,1-2H3. The fraction of sp³-hybridized carbons (Fsp3) is 0.632. The summed E-state index contributed by atoms with van der Waals surface area (Å²) < 4.78 is 18.1. The Morgan fingerprint density at radius 1 is 1.38 bits per heavy atom. The van der Waals surface area contributed by atoms with E-state index >= 15 is 0 Å². The topological polar surface area (TPSA) is 74.0 Å². The normalized spacial score (nSPS) is 20.8. The molecule has 2 heterocycles. The van der Waals surface area contributed by atoms with Crippen molar-refractivity contribution in [3.05, 3.63) is 15.2 Å². The third-order valence-electron chi connectivity index (χ3n) is 4.86. The second kappa shape index (κ2) is 8.65. The maximum Gasteiger partial charge on any atom is 0.342 e. The molecule has 1 aromatic carbocycles. The number of hydrogen-bond donors (Lipinski definition) is 1. The Morgan fingerprint density at radius 3 is 2.81 bits per heavy atom. The lowest BCUT2D eigenvalue weighted by Gasteiger charge is -2.32. The van der Waals surface area contributed by atoms with Gasteiger partial charge < -0.3 is 24.8 Å². The lowest BCUT2D eigenvalue weighted by atomic mass is 10.1. The summed E-state index contributed by atoms with van der Waals surface area (Å²) in [7, 11) is 0. The van der Waals surface area contributed by atoms with E-state index in [0.29, 0.717) is 29.4 Å². The number of carbonyl (C=O) groups is 1. The monoisotopic (exact) mass is 474 g/mol. The third-order valence-corrected chi connectivity index (χ3v) is 5.75. The van der Waals surface area contributed by atoms with Crippen molar-refractivity contribution < 1.29 is 19.0 Å². The molecule has 3 rings (SSSR count). The highest BCUT2D eigenvalue weighted by Gasteiger charge is 2.30. The van der Waals surface area contributed by atoms with Gasteiger partial charge in [-0.25, -0.2) is 4.79 Å². The first-order valence-corrected chi connectivity index (χ1v) is 10.4. The summed E-state index contributed by atoms with van der Waals surface area (Å²) in [5.41, 5.74) is 7.01. The lowest BCUT2D eigenvalue weighted by molar-refractivity contribution is 0.0103.